The molecule has 0 aromatic rings. The Hall–Kier alpha value is -1.03. The number of aliphatic hydroxyl groups is 1. The van der Waals surface area contributed by atoms with E-state index in [0.717, 1.165) is 5.57 Å². The molecule has 1 unspecified atom stereocenters. The summed E-state index contributed by atoms with van der Waals surface area (Å²) in [5.41, 5.74) is 0.417. The van der Waals surface area contributed by atoms with Crippen molar-refractivity contribution in [2.45, 2.75) is 45.8 Å². The molecule has 92 valence electrons. The van der Waals surface area contributed by atoms with E-state index in [1.54, 1.807) is 4.90 Å². The Kier molecular flexibility index (Phi) is 3.97. The Balaban J connectivity index is 2.59. The lowest BCUT2D eigenvalue weighted by molar-refractivity contribution is 0.0189. The second-order valence-corrected chi connectivity index (χ2v) is 5.07. The number of carbonyl (C=O) groups excluding carboxylic acids is 1. The van der Waals surface area contributed by atoms with Gasteiger partial charge in [0, 0.05) is 13.1 Å². The summed E-state index contributed by atoms with van der Waals surface area (Å²) in [6.07, 6.45) is 1.72. The van der Waals surface area contributed by atoms with E-state index in [0.29, 0.717) is 19.5 Å². The summed E-state index contributed by atoms with van der Waals surface area (Å²) in [4.78, 5) is 13.4. The van der Waals surface area contributed by atoms with Crippen LogP contribution in [-0.4, -0.2) is 40.9 Å². The SMILES string of the molecule is CC=C1CN(C(=O)OC(C)(C)C)CCC1O. The Labute approximate surface area is 96.9 Å². The molecule has 4 nitrogen and oxygen atoms in total. The van der Waals surface area contributed by atoms with Gasteiger partial charge in [0.15, 0.2) is 0 Å². The Bertz CT molecular complexity index is 291. The minimum absolute atomic E-state index is 0.307. The molecule has 4 heteroatoms. The van der Waals surface area contributed by atoms with Crippen molar-refractivity contribution in [3.63, 3.8) is 0 Å². The fraction of sp³-hybridized carbons (Fsp3) is 0.750. The highest BCUT2D eigenvalue weighted by Crippen LogP contribution is 2.18. The summed E-state index contributed by atoms with van der Waals surface area (Å²) in [5.74, 6) is 0. The topological polar surface area (TPSA) is 49.8 Å². The predicted molar refractivity (Wildman–Crippen MR) is 62.2 cm³/mol. The molecule has 1 aliphatic heterocycles. The van der Waals surface area contributed by atoms with E-state index in [1.165, 1.54) is 0 Å². The maximum Gasteiger partial charge on any atom is 0.410 e. The lowest BCUT2D eigenvalue weighted by Crippen LogP contribution is -2.44. The summed E-state index contributed by atoms with van der Waals surface area (Å²) in [6, 6.07) is 0. The van der Waals surface area contributed by atoms with Crippen LogP contribution in [0.15, 0.2) is 11.6 Å². The lowest BCUT2D eigenvalue weighted by atomic mass is 10.0. The maximum atomic E-state index is 11.8. The van der Waals surface area contributed by atoms with Gasteiger partial charge in [-0.25, -0.2) is 4.79 Å². The zero-order chi connectivity index (χ0) is 12.3. The molecule has 0 aromatic heterocycles. The van der Waals surface area contributed by atoms with Crippen LogP contribution in [0.5, 0.6) is 0 Å². The standard InChI is InChI=1S/C12H21NO3/c1-5-9-8-13(7-6-10(9)14)11(15)16-12(2,3)4/h5,10,14H,6-8H2,1-4H3. The number of hydrogen-bond acceptors (Lipinski definition) is 3. The Morgan fingerprint density at radius 3 is 2.69 bits per heavy atom. The highest BCUT2D eigenvalue weighted by Gasteiger charge is 2.28. The zero-order valence-corrected chi connectivity index (χ0v) is 10.5. The Morgan fingerprint density at radius 2 is 2.19 bits per heavy atom. The summed E-state index contributed by atoms with van der Waals surface area (Å²) < 4.78 is 5.28. The molecule has 0 saturated carbocycles. The van der Waals surface area contributed by atoms with Crippen LogP contribution in [0.1, 0.15) is 34.1 Å². The van der Waals surface area contributed by atoms with Gasteiger partial charge >= 0.3 is 6.09 Å². The zero-order valence-electron chi connectivity index (χ0n) is 10.5. The number of aliphatic hydroxyl groups excluding tert-OH is 1. The number of amides is 1. The first-order valence-corrected chi connectivity index (χ1v) is 5.64. The molecule has 16 heavy (non-hydrogen) atoms. The van der Waals surface area contributed by atoms with E-state index >= 15 is 0 Å². The van der Waals surface area contributed by atoms with Gasteiger partial charge in [0.2, 0.25) is 0 Å². The second kappa shape index (κ2) is 4.87. The van der Waals surface area contributed by atoms with Crippen LogP contribution < -0.4 is 0 Å². The molecule has 0 radical (unpaired) electrons. The molecule has 1 N–H and O–H groups in total. The van der Waals surface area contributed by atoms with Crippen LogP contribution >= 0.6 is 0 Å². The number of rotatable bonds is 0. The van der Waals surface area contributed by atoms with Crippen molar-refractivity contribution < 1.29 is 14.6 Å². The number of ether oxygens (including phenoxy) is 1. The summed E-state index contributed by atoms with van der Waals surface area (Å²) in [7, 11) is 0. The van der Waals surface area contributed by atoms with Gasteiger partial charge in [0.05, 0.1) is 6.10 Å². The van der Waals surface area contributed by atoms with Gasteiger partial charge in [-0.1, -0.05) is 6.08 Å². The first-order valence-electron chi connectivity index (χ1n) is 5.64. The van der Waals surface area contributed by atoms with Crippen molar-refractivity contribution >= 4 is 6.09 Å². The molecule has 1 rings (SSSR count). The minimum Gasteiger partial charge on any atom is -0.444 e. The van der Waals surface area contributed by atoms with Crippen LogP contribution in [-0.2, 0) is 4.74 Å². The number of nitrogens with zero attached hydrogens (tertiary/aromatic N) is 1. The van der Waals surface area contributed by atoms with Gasteiger partial charge in [-0.05, 0) is 39.7 Å². The van der Waals surface area contributed by atoms with Gasteiger partial charge in [0.1, 0.15) is 5.60 Å². The molecule has 1 atom stereocenters. The number of likely N-dealkylation sites (tertiary alicyclic amines) is 1. The molecular weight excluding hydrogens is 206 g/mol. The molecule has 0 spiro atoms. The maximum absolute atomic E-state index is 11.8. The highest BCUT2D eigenvalue weighted by molar-refractivity contribution is 5.68. The van der Waals surface area contributed by atoms with E-state index in [9.17, 15) is 9.90 Å². The monoisotopic (exact) mass is 227 g/mol. The van der Waals surface area contributed by atoms with E-state index < -0.39 is 11.7 Å². The van der Waals surface area contributed by atoms with Crippen molar-refractivity contribution in [3.05, 3.63) is 11.6 Å². The van der Waals surface area contributed by atoms with Crippen molar-refractivity contribution in [3.8, 4) is 0 Å². The quantitative estimate of drug-likeness (QED) is 0.643. The number of allylic oxidation sites excluding steroid dienone is 1. The number of hydrogen-bond donors (Lipinski definition) is 1. The van der Waals surface area contributed by atoms with Crippen molar-refractivity contribution in [2.24, 2.45) is 0 Å². The van der Waals surface area contributed by atoms with Gasteiger partial charge in [-0.2, -0.15) is 0 Å². The first kappa shape index (κ1) is 13.0. The first-order chi connectivity index (χ1) is 7.33. The summed E-state index contributed by atoms with van der Waals surface area (Å²) in [6.45, 7) is 8.43. The van der Waals surface area contributed by atoms with Crippen LogP contribution in [0.3, 0.4) is 0 Å². The van der Waals surface area contributed by atoms with Crippen molar-refractivity contribution in [2.75, 3.05) is 13.1 Å². The van der Waals surface area contributed by atoms with Gasteiger partial charge < -0.3 is 14.7 Å². The minimum atomic E-state index is -0.469. The molecule has 1 amide bonds. The smallest absolute Gasteiger partial charge is 0.410 e. The largest absolute Gasteiger partial charge is 0.444 e. The number of piperidine rings is 1. The highest BCUT2D eigenvalue weighted by atomic mass is 16.6. The van der Waals surface area contributed by atoms with Crippen LogP contribution in [0.25, 0.3) is 0 Å². The van der Waals surface area contributed by atoms with E-state index in [4.69, 9.17) is 4.74 Å². The third kappa shape index (κ3) is 3.52. The van der Waals surface area contributed by atoms with Crippen LogP contribution in [0.2, 0.25) is 0 Å². The fourth-order valence-electron chi connectivity index (χ4n) is 1.63. The van der Waals surface area contributed by atoms with Gasteiger partial charge in [0.25, 0.3) is 0 Å². The third-order valence-corrected chi connectivity index (χ3v) is 2.50. The van der Waals surface area contributed by atoms with Gasteiger partial charge in [-0.15, -0.1) is 0 Å². The van der Waals surface area contributed by atoms with E-state index in [-0.39, 0.29) is 6.09 Å². The molecule has 1 fully saturated rings. The molecule has 0 aromatic carbocycles. The molecule has 0 aliphatic carbocycles. The normalized spacial score (nSPS) is 24.7. The average molecular weight is 227 g/mol. The Morgan fingerprint density at radius 1 is 1.56 bits per heavy atom. The van der Waals surface area contributed by atoms with Crippen molar-refractivity contribution in [1.82, 2.24) is 4.90 Å². The van der Waals surface area contributed by atoms with Crippen LogP contribution in [0.4, 0.5) is 4.79 Å². The number of carbonyl (C=O) groups is 1. The predicted octanol–water partition coefficient (Wildman–Crippen LogP) is 1.93. The molecular formula is C12H21NO3. The van der Waals surface area contributed by atoms with E-state index in [2.05, 4.69) is 0 Å². The molecule has 1 aliphatic rings. The molecule has 1 saturated heterocycles. The van der Waals surface area contributed by atoms with Gasteiger partial charge in [-0.3, -0.25) is 0 Å². The summed E-state index contributed by atoms with van der Waals surface area (Å²) >= 11 is 0. The van der Waals surface area contributed by atoms with Crippen molar-refractivity contribution in [1.29, 1.82) is 0 Å². The molecule has 0 bridgehead atoms. The fourth-order valence-corrected chi connectivity index (χ4v) is 1.63. The third-order valence-electron chi connectivity index (χ3n) is 2.50. The van der Waals surface area contributed by atoms with Crippen LogP contribution in [0, 0.1) is 0 Å². The lowest BCUT2D eigenvalue weighted by Gasteiger charge is -2.33. The van der Waals surface area contributed by atoms with E-state index in [1.807, 2.05) is 33.8 Å². The molecule has 1 heterocycles. The average Bonchev–Trinajstić information content (AvgIpc) is 2.15. The summed E-state index contributed by atoms with van der Waals surface area (Å²) in [5, 5.41) is 9.65. The second-order valence-electron chi connectivity index (χ2n) is 5.07.